The molecule has 0 saturated carbocycles. The maximum absolute atomic E-state index is 12.2. The lowest BCUT2D eigenvalue weighted by atomic mass is 10.2. The first-order chi connectivity index (χ1) is 14.4. The normalized spacial score (nSPS) is 13.0. The van der Waals surface area contributed by atoms with Crippen molar-refractivity contribution in [3.63, 3.8) is 0 Å². The fraction of sp³-hybridized carbons (Fsp3) is 0.238. The smallest absolute Gasteiger partial charge is 0.314 e. The van der Waals surface area contributed by atoms with Crippen molar-refractivity contribution in [2.75, 3.05) is 34.5 Å². The zero-order valence-corrected chi connectivity index (χ0v) is 16.7. The van der Waals surface area contributed by atoms with Gasteiger partial charge >= 0.3 is 11.8 Å². The van der Waals surface area contributed by atoms with Crippen molar-refractivity contribution in [1.82, 2.24) is 0 Å². The minimum atomic E-state index is -0.854. The Labute approximate surface area is 173 Å². The first kappa shape index (κ1) is 20.8. The number of amides is 4. The van der Waals surface area contributed by atoms with Crippen LogP contribution < -0.4 is 25.6 Å². The fourth-order valence-electron chi connectivity index (χ4n) is 3.10. The molecule has 1 aliphatic rings. The van der Waals surface area contributed by atoms with Crippen LogP contribution in [0.5, 0.6) is 5.75 Å². The summed E-state index contributed by atoms with van der Waals surface area (Å²) >= 11 is 0. The molecular weight excluding hydrogens is 388 g/mol. The Morgan fingerprint density at radius 3 is 2.00 bits per heavy atom. The summed E-state index contributed by atoms with van der Waals surface area (Å²) in [6, 6.07) is 11.2. The summed E-state index contributed by atoms with van der Waals surface area (Å²) in [7, 11) is 1.47. The second kappa shape index (κ2) is 9.08. The molecule has 30 heavy (non-hydrogen) atoms. The number of carbonyl (C=O) groups is 4. The number of hydrogen-bond acceptors (Lipinski definition) is 5. The highest BCUT2D eigenvalue weighted by Gasteiger charge is 2.25. The van der Waals surface area contributed by atoms with Crippen LogP contribution in [-0.2, 0) is 19.2 Å². The van der Waals surface area contributed by atoms with Gasteiger partial charge in [0.2, 0.25) is 11.8 Å². The number of carbonyl (C=O) groups excluding carboxylic acids is 4. The molecule has 156 valence electrons. The van der Waals surface area contributed by atoms with Gasteiger partial charge in [-0.05, 0) is 42.8 Å². The number of ether oxygens (including phenoxy) is 1. The number of anilines is 4. The summed E-state index contributed by atoms with van der Waals surface area (Å²) in [4.78, 5) is 49.1. The lowest BCUT2D eigenvalue weighted by Gasteiger charge is -2.19. The Morgan fingerprint density at radius 1 is 0.900 bits per heavy atom. The minimum Gasteiger partial charge on any atom is -0.494 e. The average Bonchev–Trinajstić information content (AvgIpc) is 3.14. The van der Waals surface area contributed by atoms with Crippen LogP contribution in [0.2, 0.25) is 0 Å². The lowest BCUT2D eigenvalue weighted by Crippen LogP contribution is -2.29. The molecule has 1 saturated heterocycles. The van der Waals surface area contributed by atoms with Gasteiger partial charge in [-0.1, -0.05) is 0 Å². The Hall–Kier alpha value is -3.88. The van der Waals surface area contributed by atoms with Crippen LogP contribution >= 0.6 is 0 Å². The van der Waals surface area contributed by atoms with Crippen molar-refractivity contribution in [1.29, 1.82) is 0 Å². The van der Waals surface area contributed by atoms with Crippen LogP contribution in [0.4, 0.5) is 22.7 Å². The molecule has 2 aromatic carbocycles. The van der Waals surface area contributed by atoms with E-state index < -0.39 is 11.8 Å². The number of nitrogens with one attached hydrogen (secondary N) is 3. The van der Waals surface area contributed by atoms with Gasteiger partial charge in [0.05, 0.1) is 12.8 Å². The highest BCUT2D eigenvalue weighted by atomic mass is 16.5. The van der Waals surface area contributed by atoms with Gasteiger partial charge in [0.1, 0.15) is 5.75 Å². The van der Waals surface area contributed by atoms with Gasteiger partial charge in [-0.15, -0.1) is 0 Å². The molecule has 1 heterocycles. The SMILES string of the molecule is COc1cc(NC(=O)C(=O)Nc2ccc(NC(C)=O)cc2)ccc1N1CCCC1=O. The minimum absolute atomic E-state index is 0.0222. The van der Waals surface area contributed by atoms with E-state index in [4.69, 9.17) is 4.74 Å². The Balaban J connectivity index is 1.64. The maximum Gasteiger partial charge on any atom is 0.314 e. The highest BCUT2D eigenvalue weighted by Crippen LogP contribution is 2.33. The van der Waals surface area contributed by atoms with E-state index in [2.05, 4.69) is 16.0 Å². The second-order valence-electron chi connectivity index (χ2n) is 6.70. The van der Waals surface area contributed by atoms with Crippen molar-refractivity contribution in [2.24, 2.45) is 0 Å². The topological polar surface area (TPSA) is 117 Å². The van der Waals surface area contributed by atoms with E-state index in [1.54, 1.807) is 47.4 Å². The molecule has 0 aromatic heterocycles. The molecule has 0 unspecified atom stereocenters. The van der Waals surface area contributed by atoms with Gasteiger partial charge in [0.25, 0.3) is 0 Å². The van der Waals surface area contributed by atoms with E-state index in [0.29, 0.717) is 41.5 Å². The molecule has 0 radical (unpaired) electrons. The number of rotatable bonds is 5. The number of benzene rings is 2. The van der Waals surface area contributed by atoms with Crippen LogP contribution in [-0.4, -0.2) is 37.3 Å². The third-order valence-corrected chi connectivity index (χ3v) is 4.47. The van der Waals surface area contributed by atoms with Gasteiger partial charge in [-0.3, -0.25) is 19.2 Å². The van der Waals surface area contributed by atoms with Crippen molar-refractivity contribution in [2.45, 2.75) is 19.8 Å². The molecule has 3 N–H and O–H groups in total. The molecule has 0 atom stereocenters. The molecule has 3 rings (SSSR count). The Bertz CT molecular complexity index is 987. The second-order valence-corrected chi connectivity index (χ2v) is 6.70. The third-order valence-electron chi connectivity index (χ3n) is 4.47. The van der Waals surface area contributed by atoms with Crippen molar-refractivity contribution in [3.05, 3.63) is 42.5 Å². The summed E-state index contributed by atoms with van der Waals surface area (Å²) < 4.78 is 5.35. The van der Waals surface area contributed by atoms with Gasteiger partial charge in [0, 0.05) is 43.0 Å². The van der Waals surface area contributed by atoms with E-state index in [1.165, 1.54) is 14.0 Å². The van der Waals surface area contributed by atoms with Crippen LogP contribution in [0.1, 0.15) is 19.8 Å². The van der Waals surface area contributed by atoms with Crippen LogP contribution in [0.25, 0.3) is 0 Å². The van der Waals surface area contributed by atoms with E-state index in [0.717, 1.165) is 6.42 Å². The zero-order valence-electron chi connectivity index (χ0n) is 16.7. The number of hydrogen-bond donors (Lipinski definition) is 3. The van der Waals surface area contributed by atoms with E-state index in [-0.39, 0.29) is 11.8 Å². The van der Waals surface area contributed by atoms with E-state index in [1.807, 2.05) is 0 Å². The molecule has 0 aliphatic carbocycles. The molecule has 2 aromatic rings. The molecular formula is C21H22N4O5. The Kier molecular flexibility index (Phi) is 6.31. The standard InChI is InChI=1S/C21H22N4O5/c1-13(26)22-14-5-7-15(8-6-14)23-20(28)21(29)24-16-9-10-17(18(12-16)30-2)25-11-3-4-19(25)27/h5-10,12H,3-4,11H2,1-2H3,(H,22,26)(H,23,28)(H,24,29). The van der Waals surface area contributed by atoms with Crippen LogP contribution in [0.15, 0.2) is 42.5 Å². The van der Waals surface area contributed by atoms with Gasteiger partial charge in [-0.2, -0.15) is 0 Å². The lowest BCUT2D eigenvalue weighted by molar-refractivity contribution is -0.132. The summed E-state index contributed by atoms with van der Waals surface area (Å²) in [5.74, 6) is -1.46. The predicted octanol–water partition coefficient (Wildman–Crippen LogP) is 2.36. The monoisotopic (exact) mass is 410 g/mol. The molecule has 4 amide bonds. The maximum atomic E-state index is 12.2. The average molecular weight is 410 g/mol. The molecule has 9 heteroatoms. The van der Waals surface area contributed by atoms with Crippen molar-refractivity contribution >= 4 is 46.4 Å². The summed E-state index contributed by atoms with van der Waals surface area (Å²) in [5, 5.41) is 7.61. The van der Waals surface area contributed by atoms with E-state index in [9.17, 15) is 19.2 Å². The zero-order chi connectivity index (χ0) is 21.7. The predicted molar refractivity (Wildman–Crippen MR) is 113 cm³/mol. The summed E-state index contributed by atoms with van der Waals surface area (Å²) in [5.41, 5.74) is 1.98. The quantitative estimate of drug-likeness (QED) is 0.654. The largest absolute Gasteiger partial charge is 0.494 e. The van der Waals surface area contributed by atoms with Gasteiger partial charge < -0.3 is 25.6 Å². The summed E-state index contributed by atoms with van der Waals surface area (Å²) in [6.45, 7) is 2.01. The summed E-state index contributed by atoms with van der Waals surface area (Å²) in [6.07, 6.45) is 1.28. The van der Waals surface area contributed by atoms with E-state index >= 15 is 0 Å². The molecule has 0 spiro atoms. The molecule has 1 aliphatic heterocycles. The molecule has 1 fully saturated rings. The van der Waals surface area contributed by atoms with Crippen LogP contribution in [0, 0.1) is 0 Å². The van der Waals surface area contributed by atoms with Crippen LogP contribution in [0.3, 0.4) is 0 Å². The molecule has 0 bridgehead atoms. The Morgan fingerprint density at radius 2 is 1.47 bits per heavy atom. The number of nitrogens with zero attached hydrogens (tertiary/aromatic N) is 1. The van der Waals surface area contributed by atoms with Crippen molar-refractivity contribution in [3.8, 4) is 5.75 Å². The first-order valence-electron chi connectivity index (χ1n) is 9.36. The highest BCUT2D eigenvalue weighted by molar-refractivity contribution is 6.43. The number of methoxy groups -OCH3 is 1. The van der Waals surface area contributed by atoms with Gasteiger partial charge in [0.15, 0.2) is 0 Å². The first-order valence-corrected chi connectivity index (χ1v) is 9.36. The fourth-order valence-corrected chi connectivity index (χ4v) is 3.10. The molecule has 9 nitrogen and oxygen atoms in total. The van der Waals surface area contributed by atoms with Crippen molar-refractivity contribution < 1.29 is 23.9 Å². The third kappa shape index (κ3) is 4.93. The van der Waals surface area contributed by atoms with Gasteiger partial charge in [-0.25, -0.2) is 0 Å².